The van der Waals surface area contributed by atoms with E-state index in [4.69, 9.17) is 11.1 Å². The molecule has 9 heteroatoms. The number of carbonyl (C=O) groups excluding carboxylic acids is 4. The molecule has 0 aromatic rings. The van der Waals surface area contributed by atoms with Gasteiger partial charge in [-0.3, -0.25) is 19.2 Å². The van der Waals surface area contributed by atoms with Crippen LogP contribution < -0.4 is 16.4 Å². The first-order valence-corrected chi connectivity index (χ1v) is 6.29. The third-order valence-corrected chi connectivity index (χ3v) is 2.43. The third kappa shape index (κ3) is 9.27. The molecule has 0 aromatic carbocycles. The number of hydrogen-bond acceptors (Lipinski definition) is 6. The van der Waals surface area contributed by atoms with Crippen molar-refractivity contribution in [3.8, 4) is 0 Å². The monoisotopic (exact) mass is 299 g/mol. The Morgan fingerprint density at radius 1 is 1.24 bits per heavy atom. The van der Waals surface area contributed by atoms with E-state index in [0.717, 1.165) is 0 Å². The topological polar surface area (TPSA) is 145 Å². The van der Waals surface area contributed by atoms with Gasteiger partial charge in [0, 0.05) is 6.42 Å². The van der Waals surface area contributed by atoms with E-state index in [1.165, 1.54) is 0 Å². The molecule has 21 heavy (non-hydrogen) atoms. The van der Waals surface area contributed by atoms with E-state index in [1.807, 2.05) is 0 Å². The van der Waals surface area contributed by atoms with Crippen molar-refractivity contribution in [1.82, 2.24) is 15.5 Å². The molecule has 9 nitrogen and oxygen atoms in total. The number of primary amides is 1. The second kappa shape index (κ2) is 9.59. The van der Waals surface area contributed by atoms with Crippen LogP contribution in [0.15, 0.2) is 0 Å². The van der Waals surface area contributed by atoms with Crippen LogP contribution in [0.4, 0.5) is 0 Å². The maximum Gasteiger partial charge on any atom is 0.240 e. The lowest BCUT2D eigenvalue weighted by Gasteiger charge is -2.15. The van der Waals surface area contributed by atoms with Gasteiger partial charge in [-0.25, -0.2) is 0 Å². The van der Waals surface area contributed by atoms with Crippen molar-refractivity contribution in [2.75, 3.05) is 27.2 Å². The molecule has 5 N–H and O–H groups in total. The van der Waals surface area contributed by atoms with Gasteiger partial charge in [-0.05, 0) is 20.5 Å². The summed E-state index contributed by atoms with van der Waals surface area (Å²) in [4.78, 5) is 46.7. The highest BCUT2D eigenvalue weighted by atomic mass is 16.2. The number of Topliss-reactive ketones (excluding diaryl/α,β-unsaturated/α-hetero) is 1. The van der Waals surface area contributed by atoms with Crippen LogP contribution in [0.3, 0.4) is 0 Å². The average Bonchev–Trinajstić information content (AvgIpc) is 2.39. The van der Waals surface area contributed by atoms with E-state index >= 15 is 0 Å². The van der Waals surface area contributed by atoms with Crippen molar-refractivity contribution in [3.63, 3.8) is 0 Å². The van der Waals surface area contributed by atoms with Crippen molar-refractivity contribution < 1.29 is 19.2 Å². The van der Waals surface area contributed by atoms with Crippen LogP contribution in [-0.2, 0) is 19.2 Å². The van der Waals surface area contributed by atoms with Crippen LogP contribution in [0.25, 0.3) is 0 Å². The van der Waals surface area contributed by atoms with Crippen molar-refractivity contribution >= 4 is 29.7 Å². The molecule has 0 bridgehead atoms. The molecule has 0 radical (unpaired) electrons. The zero-order valence-electron chi connectivity index (χ0n) is 12.1. The quantitative estimate of drug-likeness (QED) is 0.333. The first-order valence-electron chi connectivity index (χ1n) is 6.29. The Labute approximate surface area is 122 Å². The second-order valence-corrected chi connectivity index (χ2v) is 4.69. The summed E-state index contributed by atoms with van der Waals surface area (Å²) >= 11 is 0. The van der Waals surface area contributed by atoms with Crippen molar-refractivity contribution in [1.29, 1.82) is 5.41 Å². The van der Waals surface area contributed by atoms with Gasteiger partial charge < -0.3 is 26.7 Å². The molecule has 0 rings (SSSR count). The maximum atomic E-state index is 11.6. The van der Waals surface area contributed by atoms with Crippen molar-refractivity contribution in [2.24, 2.45) is 5.73 Å². The minimum absolute atomic E-state index is 0.0148. The number of ketones is 1. The molecular formula is C12H21N5O4. The average molecular weight is 299 g/mol. The predicted octanol–water partition coefficient (Wildman–Crippen LogP) is -2.37. The van der Waals surface area contributed by atoms with E-state index in [-0.39, 0.29) is 31.8 Å². The summed E-state index contributed by atoms with van der Waals surface area (Å²) in [6.07, 6.45) is 0.590. The molecule has 0 aliphatic rings. The molecule has 0 aromatic heterocycles. The summed E-state index contributed by atoms with van der Waals surface area (Å²) in [5, 5.41) is 11.5. The normalized spacial score (nSPS) is 11.6. The van der Waals surface area contributed by atoms with Crippen LogP contribution in [0.5, 0.6) is 0 Å². The molecular weight excluding hydrogens is 278 g/mol. The first kappa shape index (κ1) is 18.7. The summed E-state index contributed by atoms with van der Waals surface area (Å²) in [6.45, 7) is -0.144. The highest BCUT2D eigenvalue weighted by molar-refractivity contribution is 6.26. The van der Waals surface area contributed by atoms with Crippen LogP contribution in [0.2, 0.25) is 0 Å². The Kier molecular flexibility index (Phi) is 8.54. The number of hydrogen-bond donors (Lipinski definition) is 4. The van der Waals surface area contributed by atoms with Crippen molar-refractivity contribution in [2.45, 2.75) is 18.9 Å². The van der Waals surface area contributed by atoms with Crippen LogP contribution in [0.1, 0.15) is 12.8 Å². The fourth-order valence-electron chi connectivity index (χ4n) is 1.41. The zero-order valence-corrected chi connectivity index (χ0v) is 12.1. The molecule has 0 fully saturated rings. The first-order chi connectivity index (χ1) is 9.76. The molecule has 118 valence electrons. The molecule has 3 amide bonds. The Balaban J connectivity index is 4.23. The van der Waals surface area contributed by atoms with E-state index in [2.05, 4.69) is 10.6 Å². The fourth-order valence-corrected chi connectivity index (χ4v) is 1.41. The summed E-state index contributed by atoms with van der Waals surface area (Å²) in [7, 11) is 3.42. The minimum Gasteiger partial charge on any atom is -0.368 e. The third-order valence-electron chi connectivity index (χ3n) is 2.43. The summed E-state index contributed by atoms with van der Waals surface area (Å²) in [5.74, 6) is -2.14. The van der Waals surface area contributed by atoms with E-state index < -0.39 is 23.6 Å². The predicted molar refractivity (Wildman–Crippen MR) is 75.7 cm³/mol. The minimum atomic E-state index is -1.01. The molecule has 1 atom stereocenters. The number of nitrogens with two attached hydrogens (primary N) is 1. The van der Waals surface area contributed by atoms with Gasteiger partial charge in [-0.1, -0.05) is 0 Å². The summed E-state index contributed by atoms with van der Waals surface area (Å²) in [6, 6.07) is -1.01. The van der Waals surface area contributed by atoms with Gasteiger partial charge in [0.1, 0.15) is 6.04 Å². The highest BCUT2D eigenvalue weighted by Gasteiger charge is 2.19. The number of carbonyl (C=O) groups is 4. The molecule has 0 heterocycles. The van der Waals surface area contributed by atoms with Gasteiger partial charge in [0.15, 0.2) is 5.78 Å². The number of amides is 3. The van der Waals surface area contributed by atoms with Crippen LogP contribution in [0, 0.1) is 5.41 Å². The Hall–Kier alpha value is -2.29. The number of nitrogens with one attached hydrogen (secondary N) is 3. The number of nitrogens with zero attached hydrogens (tertiary/aromatic N) is 1. The molecule has 0 aliphatic carbocycles. The highest BCUT2D eigenvalue weighted by Crippen LogP contribution is 1.97. The number of rotatable bonds is 10. The van der Waals surface area contributed by atoms with Gasteiger partial charge >= 0.3 is 0 Å². The van der Waals surface area contributed by atoms with E-state index in [1.54, 1.807) is 19.0 Å². The van der Waals surface area contributed by atoms with E-state index in [0.29, 0.717) is 6.21 Å². The Bertz CT molecular complexity index is 422. The van der Waals surface area contributed by atoms with Crippen LogP contribution >= 0.6 is 0 Å². The van der Waals surface area contributed by atoms with Gasteiger partial charge in [0.05, 0.1) is 19.3 Å². The fraction of sp³-hybridized carbons (Fsp3) is 0.583. The molecule has 0 aliphatic heterocycles. The lowest BCUT2D eigenvalue weighted by molar-refractivity contribution is -0.129. The smallest absolute Gasteiger partial charge is 0.240 e. The summed E-state index contributed by atoms with van der Waals surface area (Å²) in [5.41, 5.74) is 5.12. The van der Waals surface area contributed by atoms with Crippen LogP contribution in [-0.4, -0.2) is 67.8 Å². The lowest BCUT2D eigenvalue weighted by atomic mass is 10.1. The molecule has 0 unspecified atom stereocenters. The zero-order chi connectivity index (χ0) is 16.4. The van der Waals surface area contributed by atoms with Gasteiger partial charge in [-0.15, -0.1) is 0 Å². The SMILES string of the molecule is CN(C)CC(=O)NCC(=O)N[C@@H](CCC(=O)C=N)C(N)=O. The van der Waals surface area contributed by atoms with E-state index in [9.17, 15) is 19.2 Å². The Morgan fingerprint density at radius 2 is 1.86 bits per heavy atom. The van der Waals surface area contributed by atoms with Gasteiger partial charge in [-0.2, -0.15) is 0 Å². The number of likely N-dealkylation sites (N-methyl/N-ethyl adjacent to an activating group) is 1. The summed E-state index contributed by atoms with van der Waals surface area (Å²) < 4.78 is 0. The van der Waals surface area contributed by atoms with Crippen molar-refractivity contribution in [3.05, 3.63) is 0 Å². The lowest BCUT2D eigenvalue weighted by Crippen LogP contribution is -2.48. The second-order valence-electron chi connectivity index (χ2n) is 4.69. The molecule has 0 spiro atoms. The largest absolute Gasteiger partial charge is 0.368 e. The Morgan fingerprint density at radius 3 is 2.33 bits per heavy atom. The standard InChI is InChI=1S/C12H21N5O4/c1-17(2)7-11(20)15-6-10(19)16-9(12(14)21)4-3-8(18)5-13/h5,9,13H,3-4,6-7H2,1-2H3,(H2,14,21)(H,15,20)(H,16,19)/t9-/m0/s1. The molecule has 0 saturated carbocycles. The van der Waals surface area contributed by atoms with Gasteiger partial charge in [0.25, 0.3) is 0 Å². The maximum absolute atomic E-state index is 11.6. The van der Waals surface area contributed by atoms with Gasteiger partial charge in [0.2, 0.25) is 17.7 Å². The molecule has 0 saturated heterocycles.